The highest BCUT2D eigenvalue weighted by molar-refractivity contribution is 5.68. The molecule has 0 radical (unpaired) electrons. The van der Waals surface area contributed by atoms with Crippen molar-refractivity contribution in [3.05, 3.63) is 28.8 Å². The molecule has 0 aromatic heterocycles. The molecule has 0 aliphatic carbocycles. The molecule has 4 nitrogen and oxygen atoms in total. The van der Waals surface area contributed by atoms with Crippen LogP contribution in [-0.4, -0.2) is 31.1 Å². The number of hydrogen-bond acceptors (Lipinski definition) is 3. The van der Waals surface area contributed by atoms with Gasteiger partial charge in [-0.2, -0.15) is 0 Å². The van der Waals surface area contributed by atoms with Gasteiger partial charge in [-0.05, 0) is 56.6 Å². The highest BCUT2D eigenvalue weighted by Gasteiger charge is 2.08. The lowest BCUT2D eigenvalue weighted by Crippen LogP contribution is -2.21. The zero-order valence-corrected chi connectivity index (χ0v) is 11.6. The second-order valence-corrected chi connectivity index (χ2v) is 4.61. The molecule has 1 rings (SSSR count). The van der Waals surface area contributed by atoms with Gasteiger partial charge in [0.2, 0.25) is 0 Å². The van der Waals surface area contributed by atoms with Crippen molar-refractivity contribution in [1.82, 2.24) is 4.90 Å². The van der Waals surface area contributed by atoms with E-state index in [9.17, 15) is 4.79 Å². The van der Waals surface area contributed by atoms with Crippen molar-refractivity contribution >= 4 is 6.09 Å². The van der Waals surface area contributed by atoms with Crippen molar-refractivity contribution in [1.29, 1.82) is 0 Å². The lowest BCUT2D eigenvalue weighted by molar-refractivity contribution is 0.210. The Morgan fingerprint density at radius 2 is 2.00 bits per heavy atom. The summed E-state index contributed by atoms with van der Waals surface area (Å²) in [6.45, 7) is 8.15. The molecule has 1 aromatic rings. The fraction of sp³-hybridized carbons (Fsp3) is 0.500. The summed E-state index contributed by atoms with van der Waals surface area (Å²) in [4.78, 5) is 13.0. The van der Waals surface area contributed by atoms with E-state index in [1.54, 1.807) is 0 Å². The minimum Gasteiger partial charge on any atom is -0.410 e. The summed E-state index contributed by atoms with van der Waals surface area (Å²) in [5, 5.41) is 0. The Balaban J connectivity index is 2.82. The molecule has 0 fully saturated rings. The second-order valence-electron chi connectivity index (χ2n) is 4.61. The average Bonchev–Trinajstić information content (AvgIpc) is 2.30. The maximum absolute atomic E-state index is 10.8. The number of carbonyl (C=O) groups excluding carboxylic acids is 1. The van der Waals surface area contributed by atoms with Crippen molar-refractivity contribution < 1.29 is 9.53 Å². The minimum absolute atomic E-state index is 0.549. The Bertz CT molecular complexity index is 430. The number of benzene rings is 1. The van der Waals surface area contributed by atoms with Gasteiger partial charge in [0.25, 0.3) is 0 Å². The summed E-state index contributed by atoms with van der Waals surface area (Å²) in [6, 6.07) is 3.94. The fourth-order valence-corrected chi connectivity index (χ4v) is 1.81. The number of hydrogen-bond donors (Lipinski definition) is 1. The van der Waals surface area contributed by atoms with Gasteiger partial charge in [-0.25, -0.2) is 4.79 Å². The number of rotatable bonds is 5. The van der Waals surface area contributed by atoms with Gasteiger partial charge in [-0.3, -0.25) is 0 Å². The molecule has 0 spiro atoms. The van der Waals surface area contributed by atoms with Gasteiger partial charge in [0.05, 0.1) is 0 Å². The van der Waals surface area contributed by atoms with Crippen molar-refractivity contribution in [2.24, 2.45) is 5.73 Å². The number of nitrogens with zero attached hydrogens (tertiary/aromatic N) is 1. The number of carbonyl (C=O) groups is 1. The summed E-state index contributed by atoms with van der Waals surface area (Å²) in [6.07, 6.45) is 0.226. The van der Waals surface area contributed by atoms with E-state index in [-0.39, 0.29) is 0 Å². The van der Waals surface area contributed by atoms with E-state index in [1.165, 1.54) is 5.56 Å². The Labute approximate surface area is 109 Å². The van der Waals surface area contributed by atoms with Crippen LogP contribution < -0.4 is 10.5 Å². The van der Waals surface area contributed by atoms with Gasteiger partial charge >= 0.3 is 6.09 Å². The van der Waals surface area contributed by atoms with Crippen LogP contribution in [-0.2, 0) is 6.42 Å². The molecule has 0 saturated carbocycles. The van der Waals surface area contributed by atoms with Crippen LogP contribution in [0.5, 0.6) is 5.75 Å². The van der Waals surface area contributed by atoms with Crippen molar-refractivity contribution in [2.75, 3.05) is 20.1 Å². The van der Waals surface area contributed by atoms with E-state index in [1.807, 2.05) is 19.9 Å². The predicted octanol–water partition coefficient (Wildman–Crippen LogP) is 2.26. The normalized spacial score (nSPS) is 10.7. The van der Waals surface area contributed by atoms with E-state index < -0.39 is 6.09 Å². The Morgan fingerprint density at radius 1 is 1.33 bits per heavy atom. The number of likely N-dealkylation sites (N-methyl/N-ethyl adjacent to an activating group) is 1. The molecular formula is C14H22N2O2. The maximum Gasteiger partial charge on any atom is 0.409 e. The van der Waals surface area contributed by atoms with Crippen LogP contribution in [0.3, 0.4) is 0 Å². The first kappa shape index (κ1) is 14.5. The molecular weight excluding hydrogens is 228 g/mol. The largest absolute Gasteiger partial charge is 0.410 e. The first-order valence-corrected chi connectivity index (χ1v) is 6.20. The molecule has 0 aliphatic heterocycles. The lowest BCUT2D eigenvalue weighted by Gasteiger charge is -2.16. The summed E-state index contributed by atoms with van der Waals surface area (Å²) >= 11 is 0. The molecule has 0 heterocycles. The summed E-state index contributed by atoms with van der Waals surface area (Å²) < 4.78 is 4.96. The van der Waals surface area contributed by atoms with Gasteiger partial charge in [-0.1, -0.05) is 13.0 Å². The quantitative estimate of drug-likeness (QED) is 0.872. The topological polar surface area (TPSA) is 55.6 Å². The highest BCUT2D eigenvalue weighted by Crippen LogP contribution is 2.23. The van der Waals surface area contributed by atoms with E-state index in [4.69, 9.17) is 10.5 Å². The Kier molecular flexibility index (Phi) is 5.16. The second kappa shape index (κ2) is 6.40. The van der Waals surface area contributed by atoms with Gasteiger partial charge < -0.3 is 15.4 Å². The van der Waals surface area contributed by atoms with Crippen LogP contribution in [0.25, 0.3) is 0 Å². The zero-order valence-electron chi connectivity index (χ0n) is 11.6. The molecule has 0 saturated heterocycles. The van der Waals surface area contributed by atoms with Crippen molar-refractivity contribution in [3.8, 4) is 5.75 Å². The minimum atomic E-state index is -0.768. The van der Waals surface area contributed by atoms with Crippen LogP contribution in [0.15, 0.2) is 12.1 Å². The summed E-state index contributed by atoms with van der Waals surface area (Å²) in [5.41, 5.74) is 8.38. The van der Waals surface area contributed by atoms with Crippen LogP contribution in [0.4, 0.5) is 4.79 Å². The third-order valence-electron chi connectivity index (χ3n) is 3.15. The molecule has 4 heteroatoms. The van der Waals surface area contributed by atoms with Crippen LogP contribution in [0.1, 0.15) is 23.6 Å². The van der Waals surface area contributed by atoms with Gasteiger partial charge in [0, 0.05) is 6.54 Å². The average molecular weight is 250 g/mol. The molecule has 100 valence electrons. The molecule has 0 bridgehead atoms. The van der Waals surface area contributed by atoms with Crippen LogP contribution in [0, 0.1) is 13.8 Å². The predicted molar refractivity (Wildman–Crippen MR) is 73.0 cm³/mol. The third-order valence-corrected chi connectivity index (χ3v) is 3.15. The van der Waals surface area contributed by atoms with E-state index in [0.717, 1.165) is 30.6 Å². The summed E-state index contributed by atoms with van der Waals surface area (Å²) in [7, 11) is 2.10. The smallest absolute Gasteiger partial charge is 0.409 e. The molecule has 2 N–H and O–H groups in total. The SMILES string of the molecule is CCN(C)CCc1cc(C)c(OC(N)=O)cc1C. The number of nitrogens with two attached hydrogens (primary N) is 1. The molecule has 18 heavy (non-hydrogen) atoms. The molecule has 0 atom stereocenters. The van der Waals surface area contributed by atoms with Gasteiger partial charge in [-0.15, -0.1) is 0 Å². The Hall–Kier alpha value is -1.55. The van der Waals surface area contributed by atoms with E-state index in [2.05, 4.69) is 24.9 Å². The van der Waals surface area contributed by atoms with E-state index >= 15 is 0 Å². The van der Waals surface area contributed by atoms with E-state index in [0.29, 0.717) is 5.75 Å². The third kappa shape index (κ3) is 4.04. The first-order chi connectivity index (χ1) is 8.43. The summed E-state index contributed by atoms with van der Waals surface area (Å²) in [5.74, 6) is 0.549. The molecule has 1 amide bonds. The van der Waals surface area contributed by atoms with Gasteiger partial charge in [0.15, 0.2) is 0 Å². The standard InChI is InChI=1S/C14H22N2O2/c1-5-16(4)7-6-12-8-11(3)13(9-10(12)2)18-14(15)17/h8-9H,5-7H2,1-4H3,(H2,15,17). The number of primary amides is 1. The number of amides is 1. The Morgan fingerprint density at radius 3 is 2.56 bits per heavy atom. The molecule has 1 aromatic carbocycles. The van der Waals surface area contributed by atoms with Gasteiger partial charge in [0.1, 0.15) is 5.75 Å². The number of ether oxygens (including phenoxy) is 1. The molecule has 0 aliphatic rings. The lowest BCUT2D eigenvalue weighted by atomic mass is 10.0. The monoisotopic (exact) mass is 250 g/mol. The number of aryl methyl sites for hydroxylation is 2. The fourth-order valence-electron chi connectivity index (χ4n) is 1.81. The highest BCUT2D eigenvalue weighted by atomic mass is 16.5. The van der Waals surface area contributed by atoms with Crippen molar-refractivity contribution in [2.45, 2.75) is 27.2 Å². The molecule has 0 unspecified atom stereocenters. The van der Waals surface area contributed by atoms with Crippen molar-refractivity contribution in [3.63, 3.8) is 0 Å². The van der Waals surface area contributed by atoms with Crippen LogP contribution in [0.2, 0.25) is 0 Å². The first-order valence-electron chi connectivity index (χ1n) is 6.20. The maximum atomic E-state index is 10.8. The van der Waals surface area contributed by atoms with Crippen LogP contribution >= 0.6 is 0 Å². The zero-order chi connectivity index (χ0) is 13.7.